The minimum absolute atomic E-state index is 0.0180. The summed E-state index contributed by atoms with van der Waals surface area (Å²) in [6, 6.07) is 5.97. The SMILES string of the molecule is CC.COC(=O)c1cncc(CN2CCCC(N(C)c3nnn(C)n3)Cc3cc(C)c(C(F)(F)F)cc32)c1.Cc1cc(C(F)(F)F)cc(C(F)(F)F)c1. The molecule has 0 spiro atoms. The number of pyridine rings is 1. The van der Waals surface area contributed by atoms with Gasteiger partial charge in [-0.3, -0.25) is 4.98 Å². The summed E-state index contributed by atoms with van der Waals surface area (Å²) in [7, 11) is 4.85. The molecule has 0 fully saturated rings. The molecule has 0 N–H and O–H groups in total. The molecule has 9 nitrogen and oxygen atoms in total. The molecular formula is C35H40F9N7O2. The molecule has 290 valence electrons. The van der Waals surface area contributed by atoms with Gasteiger partial charge in [-0.05, 0) is 90.9 Å². The van der Waals surface area contributed by atoms with Crippen LogP contribution in [0.15, 0.2) is 48.8 Å². The Hall–Kier alpha value is -4.90. The molecule has 0 radical (unpaired) electrons. The van der Waals surface area contributed by atoms with Gasteiger partial charge in [-0.1, -0.05) is 25.0 Å². The molecule has 1 aliphatic heterocycles. The zero-order valence-corrected chi connectivity index (χ0v) is 30.1. The van der Waals surface area contributed by atoms with Crippen molar-refractivity contribution in [1.82, 2.24) is 25.2 Å². The van der Waals surface area contributed by atoms with Gasteiger partial charge in [0.2, 0.25) is 0 Å². The van der Waals surface area contributed by atoms with Crippen LogP contribution in [0, 0.1) is 13.8 Å². The lowest BCUT2D eigenvalue weighted by molar-refractivity contribution is -0.143. The Morgan fingerprint density at radius 2 is 1.53 bits per heavy atom. The van der Waals surface area contributed by atoms with E-state index in [1.54, 1.807) is 25.4 Å². The topological polar surface area (TPSA) is 89.3 Å². The van der Waals surface area contributed by atoms with Gasteiger partial charge in [0.1, 0.15) is 0 Å². The summed E-state index contributed by atoms with van der Waals surface area (Å²) in [5, 5.41) is 12.3. The van der Waals surface area contributed by atoms with Gasteiger partial charge in [0.05, 0.1) is 36.4 Å². The van der Waals surface area contributed by atoms with Crippen molar-refractivity contribution in [3.8, 4) is 0 Å². The first-order chi connectivity index (χ1) is 24.7. The van der Waals surface area contributed by atoms with E-state index in [-0.39, 0.29) is 23.2 Å². The average molecular weight is 762 g/mol. The molecule has 3 heterocycles. The monoisotopic (exact) mass is 761 g/mol. The molecule has 1 atom stereocenters. The fraction of sp³-hybridized carbons (Fsp3) is 0.457. The van der Waals surface area contributed by atoms with Crippen LogP contribution in [0.5, 0.6) is 0 Å². The van der Waals surface area contributed by atoms with Gasteiger partial charge in [-0.15, -0.1) is 5.10 Å². The Balaban J connectivity index is 0.000000372. The number of fused-ring (bicyclic) bond motifs is 1. The molecule has 0 amide bonds. The van der Waals surface area contributed by atoms with Crippen LogP contribution < -0.4 is 9.80 Å². The normalized spacial score (nSPS) is 14.8. The minimum atomic E-state index is -4.76. The highest BCUT2D eigenvalue weighted by molar-refractivity contribution is 5.89. The van der Waals surface area contributed by atoms with E-state index in [1.165, 1.54) is 38.0 Å². The highest BCUT2D eigenvalue weighted by Crippen LogP contribution is 2.39. The minimum Gasteiger partial charge on any atom is -0.465 e. The van der Waals surface area contributed by atoms with Crippen molar-refractivity contribution in [3.05, 3.63) is 93.3 Å². The largest absolute Gasteiger partial charge is 0.465 e. The molecule has 2 aromatic carbocycles. The van der Waals surface area contributed by atoms with Crippen LogP contribution in [0.2, 0.25) is 0 Å². The fourth-order valence-corrected chi connectivity index (χ4v) is 5.72. The number of benzene rings is 2. The lowest BCUT2D eigenvalue weighted by Gasteiger charge is -2.35. The van der Waals surface area contributed by atoms with Gasteiger partial charge in [0.25, 0.3) is 5.95 Å². The van der Waals surface area contributed by atoms with Gasteiger partial charge in [0, 0.05) is 44.3 Å². The second-order valence-corrected chi connectivity index (χ2v) is 12.1. The van der Waals surface area contributed by atoms with Crippen LogP contribution in [0.25, 0.3) is 0 Å². The number of esters is 1. The summed E-state index contributed by atoms with van der Waals surface area (Å²) in [6.07, 6.45) is -8.94. The number of hydrogen-bond donors (Lipinski definition) is 0. The van der Waals surface area contributed by atoms with E-state index in [4.69, 9.17) is 4.74 Å². The highest BCUT2D eigenvalue weighted by Gasteiger charge is 2.37. The zero-order chi connectivity index (χ0) is 39.9. The maximum atomic E-state index is 13.8. The van der Waals surface area contributed by atoms with Crippen molar-refractivity contribution in [2.45, 2.75) is 78.1 Å². The second-order valence-electron chi connectivity index (χ2n) is 12.1. The first-order valence-corrected chi connectivity index (χ1v) is 16.4. The van der Waals surface area contributed by atoms with E-state index in [1.807, 2.05) is 30.7 Å². The lowest BCUT2D eigenvalue weighted by Crippen LogP contribution is -2.38. The number of methoxy groups -OCH3 is 1. The third-order valence-electron chi connectivity index (χ3n) is 8.18. The summed E-state index contributed by atoms with van der Waals surface area (Å²) in [4.78, 5) is 21.3. The zero-order valence-electron chi connectivity index (χ0n) is 30.1. The van der Waals surface area contributed by atoms with Crippen LogP contribution in [-0.2, 0) is 43.3 Å². The third-order valence-corrected chi connectivity index (χ3v) is 8.18. The predicted molar refractivity (Wildman–Crippen MR) is 179 cm³/mol. The Labute approximate surface area is 300 Å². The summed E-state index contributed by atoms with van der Waals surface area (Å²) >= 11 is 0. The number of nitrogens with zero attached hydrogens (tertiary/aromatic N) is 7. The van der Waals surface area contributed by atoms with Crippen molar-refractivity contribution >= 4 is 17.6 Å². The summed E-state index contributed by atoms with van der Waals surface area (Å²) in [5.41, 5.74) is -0.804. The van der Waals surface area contributed by atoms with E-state index < -0.39 is 41.2 Å². The third kappa shape index (κ3) is 11.3. The molecule has 53 heavy (non-hydrogen) atoms. The Morgan fingerprint density at radius 1 is 0.906 bits per heavy atom. The van der Waals surface area contributed by atoms with E-state index >= 15 is 0 Å². The Kier molecular flexibility index (Phi) is 13.9. The smallest absolute Gasteiger partial charge is 0.416 e. The van der Waals surface area contributed by atoms with E-state index in [2.05, 4.69) is 20.4 Å². The molecule has 4 aromatic rings. The van der Waals surface area contributed by atoms with Gasteiger partial charge in [0.15, 0.2) is 0 Å². The van der Waals surface area contributed by atoms with Crippen molar-refractivity contribution in [2.75, 3.05) is 30.5 Å². The van der Waals surface area contributed by atoms with Crippen LogP contribution in [-0.4, -0.2) is 57.9 Å². The molecule has 0 saturated heterocycles. The molecule has 2 aromatic heterocycles. The van der Waals surface area contributed by atoms with E-state index in [0.717, 1.165) is 18.4 Å². The first-order valence-electron chi connectivity index (χ1n) is 16.4. The molecule has 0 saturated carbocycles. The van der Waals surface area contributed by atoms with Crippen molar-refractivity contribution < 1.29 is 49.0 Å². The summed E-state index contributed by atoms with van der Waals surface area (Å²) in [5.74, 6) is -0.0493. The molecule has 18 heteroatoms. The van der Waals surface area contributed by atoms with Crippen molar-refractivity contribution in [3.63, 3.8) is 0 Å². The number of carbonyl (C=O) groups excluding carboxylic acids is 1. The number of tetrazole rings is 1. The van der Waals surface area contributed by atoms with E-state index in [0.29, 0.717) is 54.4 Å². The van der Waals surface area contributed by atoms with Crippen LogP contribution >= 0.6 is 0 Å². The number of aromatic nitrogens is 5. The first kappa shape index (κ1) is 42.5. The average Bonchev–Trinajstić information content (AvgIpc) is 3.51. The number of carbonyl (C=O) groups is 1. The van der Waals surface area contributed by atoms with Gasteiger partial charge in [-0.25, -0.2) is 4.79 Å². The lowest BCUT2D eigenvalue weighted by atomic mass is 9.92. The van der Waals surface area contributed by atoms with Gasteiger partial charge < -0.3 is 14.5 Å². The van der Waals surface area contributed by atoms with Gasteiger partial charge >= 0.3 is 24.5 Å². The van der Waals surface area contributed by atoms with E-state index in [9.17, 15) is 44.3 Å². The number of anilines is 2. The Morgan fingerprint density at radius 3 is 2.06 bits per heavy atom. The van der Waals surface area contributed by atoms with Crippen LogP contribution in [0.3, 0.4) is 0 Å². The quantitative estimate of drug-likeness (QED) is 0.148. The predicted octanol–water partition coefficient (Wildman–Crippen LogP) is 8.63. The second kappa shape index (κ2) is 17.3. The fourth-order valence-electron chi connectivity index (χ4n) is 5.72. The Bertz CT molecular complexity index is 1810. The molecule has 0 aliphatic carbocycles. The molecular weight excluding hydrogens is 721 g/mol. The standard InChI is InChI=1S/C24H28F3N7O2.C9H6F6.C2H6/c1-15-8-17-10-19(32(2)23-29-31-33(3)30-23)6-5-7-34(21(17)11-20(15)24(25,26)27)14-16-9-18(13-28-12-16)22(35)36-4;1-5-2-6(8(10,11)12)4-7(3-5)9(13,14)15;1-2/h8-9,11-13,19H,5-7,10,14H2,1-4H3;2-4H,1H3;1-2H3. The summed E-state index contributed by atoms with van der Waals surface area (Å²) in [6.45, 7) is 7.49. The highest BCUT2D eigenvalue weighted by atomic mass is 19.4. The molecule has 5 rings (SSSR count). The van der Waals surface area contributed by atoms with Crippen LogP contribution in [0.1, 0.15) is 76.0 Å². The number of likely N-dealkylation sites (N-methyl/N-ethyl adjacent to an activating group) is 1. The number of halogens is 9. The number of ether oxygens (including phenoxy) is 1. The number of rotatable bonds is 5. The number of hydrogen-bond acceptors (Lipinski definition) is 8. The molecule has 0 bridgehead atoms. The summed E-state index contributed by atoms with van der Waals surface area (Å²) < 4.78 is 119. The number of alkyl halides is 9. The molecule has 1 unspecified atom stereocenters. The van der Waals surface area contributed by atoms with Crippen molar-refractivity contribution in [2.24, 2.45) is 7.05 Å². The maximum Gasteiger partial charge on any atom is 0.416 e. The maximum absolute atomic E-state index is 13.8. The molecule has 1 aliphatic rings. The number of aryl methyl sites for hydroxylation is 3. The van der Waals surface area contributed by atoms with Crippen LogP contribution in [0.4, 0.5) is 51.1 Å². The van der Waals surface area contributed by atoms with Gasteiger partial charge in [-0.2, -0.15) is 44.3 Å². The van der Waals surface area contributed by atoms with Crippen molar-refractivity contribution in [1.29, 1.82) is 0 Å².